The summed E-state index contributed by atoms with van der Waals surface area (Å²) in [6, 6.07) is 0. The Labute approximate surface area is 125 Å². The molecule has 0 heterocycles. The lowest BCUT2D eigenvalue weighted by Gasteiger charge is -2.39. The van der Waals surface area contributed by atoms with Crippen LogP contribution in [0.2, 0.25) is 0 Å². The van der Waals surface area contributed by atoms with Crippen LogP contribution in [0.3, 0.4) is 0 Å². The summed E-state index contributed by atoms with van der Waals surface area (Å²) >= 11 is 38.0. The number of rotatable bonds is 0. The van der Waals surface area contributed by atoms with E-state index >= 15 is 0 Å². The molecule has 0 aromatic heterocycles. The number of alkyl halides is 4. The first-order valence-corrected chi connectivity index (χ1v) is 7.07. The van der Waals surface area contributed by atoms with E-state index in [0.29, 0.717) is 10.1 Å². The lowest BCUT2D eigenvalue weighted by atomic mass is 9.70. The Morgan fingerprint density at radius 3 is 1.69 bits per heavy atom. The highest BCUT2D eigenvalue weighted by atomic mass is 35.5. The fourth-order valence-corrected chi connectivity index (χ4v) is 6.18. The molecular weight excluding hydrogens is 333 g/mol. The van der Waals surface area contributed by atoms with Crippen molar-refractivity contribution in [2.75, 3.05) is 0 Å². The van der Waals surface area contributed by atoms with Crippen LogP contribution in [0, 0.1) is 10.8 Å². The predicted octanol–water partition coefficient (Wildman–Crippen LogP) is 5.49. The molecule has 0 saturated heterocycles. The average molecular weight is 343 g/mol. The van der Waals surface area contributed by atoms with Gasteiger partial charge >= 0.3 is 0 Å². The number of allylic oxidation sites excluding steroid dienone is 2. The van der Waals surface area contributed by atoms with Crippen LogP contribution < -0.4 is 0 Å². The molecule has 16 heavy (non-hydrogen) atoms. The van der Waals surface area contributed by atoms with Crippen molar-refractivity contribution in [3.05, 3.63) is 10.1 Å². The van der Waals surface area contributed by atoms with E-state index in [0.717, 1.165) is 0 Å². The van der Waals surface area contributed by atoms with E-state index in [9.17, 15) is 0 Å². The third-order valence-electron chi connectivity index (χ3n) is 4.40. The molecule has 2 rings (SSSR count). The molecule has 92 valence electrons. The lowest BCUT2D eigenvalue weighted by molar-refractivity contribution is 0.191. The van der Waals surface area contributed by atoms with E-state index < -0.39 is 25.4 Å². The van der Waals surface area contributed by atoms with E-state index in [1.54, 1.807) is 0 Å². The fraction of sp³-hybridized carbons (Fsp3) is 0.800. The number of fused-ring (bicyclic) bond motifs is 2. The van der Waals surface area contributed by atoms with Gasteiger partial charge in [0.15, 0.2) is 4.33 Å². The third kappa shape index (κ3) is 1.02. The van der Waals surface area contributed by atoms with Crippen molar-refractivity contribution < 1.29 is 0 Å². The summed E-state index contributed by atoms with van der Waals surface area (Å²) in [7, 11) is 0. The topological polar surface area (TPSA) is 0 Å². The molecule has 0 spiro atoms. The zero-order valence-corrected chi connectivity index (χ0v) is 13.4. The second-order valence-electron chi connectivity index (χ2n) is 5.10. The van der Waals surface area contributed by atoms with Crippen molar-refractivity contribution in [2.45, 2.75) is 35.4 Å². The highest BCUT2D eigenvalue weighted by Crippen LogP contribution is 2.80. The average Bonchev–Trinajstić information content (AvgIpc) is 2.34. The molecule has 0 radical (unpaired) electrons. The Morgan fingerprint density at radius 2 is 1.38 bits per heavy atom. The van der Waals surface area contributed by atoms with Crippen LogP contribution >= 0.6 is 69.6 Å². The zero-order valence-electron chi connectivity index (χ0n) is 8.85. The van der Waals surface area contributed by atoms with Crippen LogP contribution in [0.4, 0.5) is 0 Å². The summed E-state index contributed by atoms with van der Waals surface area (Å²) < 4.78 is -1.34. The molecule has 2 aliphatic carbocycles. The molecule has 6 heteroatoms. The Bertz CT molecular complexity index is 398. The molecule has 3 unspecified atom stereocenters. The second-order valence-corrected chi connectivity index (χ2v) is 8.24. The van der Waals surface area contributed by atoms with Gasteiger partial charge in [-0.3, -0.25) is 0 Å². The molecule has 2 aliphatic rings. The second kappa shape index (κ2) is 3.32. The maximum Gasteiger partial charge on any atom is 0.159 e. The van der Waals surface area contributed by atoms with Crippen LogP contribution in [-0.2, 0) is 0 Å². The van der Waals surface area contributed by atoms with E-state index in [2.05, 4.69) is 0 Å². The van der Waals surface area contributed by atoms with E-state index in [4.69, 9.17) is 69.6 Å². The van der Waals surface area contributed by atoms with Gasteiger partial charge in [-0.15, -0.1) is 23.2 Å². The highest BCUT2D eigenvalue weighted by Gasteiger charge is 2.82. The highest BCUT2D eigenvalue weighted by molar-refractivity contribution is 6.62. The van der Waals surface area contributed by atoms with Gasteiger partial charge in [-0.2, -0.15) is 0 Å². The monoisotopic (exact) mass is 340 g/mol. The summed E-state index contributed by atoms with van der Waals surface area (Å²) in [5.74, 6) is 0. The minimum Gasteiger partial charge on any atom is -0.119 e. The molecule has 2 bridgehead atoms. The van der Waals surface area contributed by atoms with Crippen LogP contribution in [0.15, 0.2) is 10.1 Å². The molecule has 0 aromatic carbocycles. The maximum atomic E-state index is 6.59. The number of hydrogen-bond donors (Lipinski definition) is 0. The Hall–Kier alpha value is 1.48. The summed E-state index contributed by atoms with van der Waals surface area (Å²) in [4.78, 5) is -1.15. The van der Waals surface area contributed by atoms with Crippen molar-refractivity contribution >= 4 is 69.6 Å². The van der Waals surface area contributed by atoms with E-state index in [1.165, 1.54) is 0 Å². The minimum absolute atomic E-state index is 0.310. The van der Waals surface area contributed by atoms with Crippen molar-refractivity contribution in [1.82, 2.24) is 0 Å². The van der Waals surface area contributed by atoms with Gasteiger partial charge in [0, 0.05) is 15.9 Å². The van der Waals surface area contributed by atoms with E-state index in [-0.39, 0.29) is 0 Å². The Balaban J connectivity index is 2.84. The fourth-order valence-electron chi connectivity index (χ4n) is 2.81. The first-order valence-electron chi connectivity index (χ1n) is 4.74. The molecule has 0 N–H and O–H groups in total. The molecule has 1 saturated carbocycles. The molecule has 0 amide bonds. The standard InChI is InChI=1S/C10H10Cl6/c1-7(2)8(3)4(11)5(12)9(7,14)10(15,16)6(8)13/h6H,1-3H3. The van der Waals surface area contributed by atoms with Gasteiger partial charge in [0.2, 0.25) is 0 Å². The van der Waals surface area contributed by atoms with Crippen molar-refractivity contribution in [3.8, 4) is 0 Å². The number of hydrogen-bond acceptors (Lipinski definition) is 0. The lowest BCUT2D eigenvalue weighted by Crippen LogP contribution is -2.47. The van der Waals surface area contributed by atoms with Gasteiger partial charge in [0.05, 0.1) is 10.4 Å². The molecule has 1 fully saturated rings. The SMILES string of the molecule is CC12C(Cl)=C(Cl)C(Cl)(C(Cl)(Cl)C1Cl)C2(C)C. The molecular formula is C10H10Cl6. The normalized spacial score (nSPS) is 48.9. The molecule has 0 aromatic rings. The van der Waals surface area contributed by atoms with Gasteiger partial charge < -0.3 is 0 Å². The van der Waals surface area contributed by atoms with Crippen LogP contribution in [0.5, 0.6) is 0 Å². The summed E-state index contributed by atoms with van der Waals surface area (Å²) in [6.07, 6.45) is 0. The quantitative estimate of drug-likeness (QED) is 0.510. The number of halogens is 6. The summed E-state index contributed by atoms with van der Waals surface area (Å²) in [6.45, 7) is 5.76. The van der Waals surface area contributed by atoms with Gasteiger partial charge in [0.1, 0.15) is 4.87 Å². The summed E-state index contributed by atoms with van der Waals surface area (Å²) in [5.41, 5.74) is -1.15. The predicted molar refractivity (Wildman–Crippen MR) is 73.3 cm³/mol. The maximum absolute atomic E-state index is 6.59. The first kappa shape index (κ1) is 13.9. The van der Waals surface area contributed by atoms with Crippen LogP contribution in [0.1, 0.15) is 20.8 Å². The third-order valence-corrected chi connectivity index (χ3v) is 8.79. The summed E-state index contributed by atoms with van der Waals surface area (Å²) in [5, 5.41) is 0.183. The van der Waals surface area contributed by atoms with Crippen LogP contribution in [-0.4, -0.2) is 14.6 Å². The van der Waals surface area contributed by atoms with Crippen molar-refractivity contribution in [3.63, 3.8) is 0 Å². The molecule has 3 atom stereocenters. The first-order chi connectivity index (χ1) is 6.97. The Kier molecular flexibility index (Phi) is 2.89. The largest absolute Gasteiger partial charge is 0.159 e. The van der Waals surface area contributed by atoms with Crippen LogP contribution in [0.25, 0.3) is 0 Å². The molecule has 0 nitrogen and oxygen atoms in total. The van der Waals surface area contributed by atoms with Gasteiger partial charge in [-0.1, -0.05) is 67.2 Å². The Morgan fingerprint density at radius 1 is 0.938 bits per heavy atom. The molecule has 0 aliphatic heterocycles. The van der Waals surface area contributed by atoms with Gasteiger partial charge in [-0.05, 0) is 0 Å². The van der Waals surface area contributed by atoms with Gasteiger partial charge in [0.25, 0.3) is 0 Å². The smallest absolute Gasteiger partial charge is 0.119 e. The van der Waals surface area contributed by atoms with Gasteiger partial charge in [-0.25, -0.2) is 0 Å². The van der Waals surface area contributed by atoms with Crippen molar-refractivity contribution in [1.29, 1.82) is 0 Å². The zero-order chi connectivity index (χ0) is 12.7. The minimum atomic E-state index is -1.34. The van der Waals surface area contributed by atoms with Crippen molar-refractivity contribution in [2.24, 2.45) is 10.8 Å². The van der Waals surface area contributed by atoms with E-state index in [1.807, 2.05) is 20.8 Å².